The van der Waals surface area contributed by atoms with Crippen LogP contribution >= 0.6 is 22.9 Å². The van der Waals surface area contributed by atoms with Gasteiger partial charge in [0.1, 0.15) is 0 Å². The average molecular weight is 457 g/mol. The Labute approximate surface area is 188 Å². The minimum atomic E-state index is -0.140. The van der Waals surface area contributed by atoms with Crippen molar-refractivity contribution in [2.45, 2.75) is 26.7 Å². The number of hydrogen-bond acceptors (Lipinski definition) is 7. The molecule has 1 aromatic carbocycles. The van der Waals surface area contributed by atoms with Gasteiger partial charge in [0.15, 0.2) is 10.7 Å². The number of amides is 1. The predicted octanol–water partition coefficient (Wildman–Crippen LogP) is 4.34. The molecule has 0 saturated heterocycles. The number of aromatic nitrogens is 5. The number of aryl methyl sites for hydroxylation is 3. The van der Waals surface area contributed by atoms with Crippen molar-refractivity contribution in [3.05, 3.63) is 46.1 Å². The number of nitrogens with zero attached hydrogens (tertiary/aromatic N) is 5. The highest BCUT2D eigenvalue weighted by Crippen LogP contribution is 2.32. The van der Waals surface area contributed by atoms with Gasteiger partial charge in [-0.25, -0.2) is 9.67 Å². The number of fused-ring (bicyclic) bond motifs is 1. The maximum atomic E-state index is 12.6. The van der Waals surface area contributed by atoms with E-state index in [-0.39, 0.29) is 5.91 Å². The third kappa shape index (κ3) is 4.11. The minimum Gasteiger partial charge on any atom is -0.479 e. The zero-order valence-electron chi connectivity index (χ0n) is 17.6. The third-order valence-corrected chi connectivity index (χ3v) is 6.30. The molecule has 0 unspecified atom stereocenters. The van der Waals surface area contributed by atoms with E-state index in [1.165, 1.54) is 11.3 Å². The van der Waals surface area contributed by atoms with Crippen LogP contribution in [0.5, 0.6) is 5.88 Å². The molecule has 1 N–H and O–H groups in total. The van der Waals surface area contributed by atoms with Crippen LogP contribution in [0.2, 0.25) is 5.02 Å². The molecule has 0 aliphatic rings. The number of halogens is 1. The molecule has 0 aliphatic heterocycles. The van der Waals surface area contributed by atoms with Crippen LogP contribution in [0.25, 0.3) is 21.6 Å². The fraction of sp³-hybridized carbons (Fsp3) is 0.286. The second-order valence-corrected chi connectivity index (χ2v) is 8.46. The molecule has 0 spiro atoms. The van der Waals surface area contributed by atoms with Gasteiger partial charge in [0.05, 0.1) is 17.5 Å². The van der Waals surface area contributed by atoms with Crippen LogP contribution in [0.15, 0.2) is 24.3 Å². The van der Waals surface area contributed by atoms with Crippen LogP contribution in [-0.2, 0) is 18.3 Å². The molecule has 4 aromatic rings. The minimum absolute atomic E-state index is 0.140. The van der Waals surface area contributed by atoms with Crippen LogP contribution < -0.4 is 10.1 Å². The van der Waals surface area contributed by atoms with Crippen molar-refractivity contribution in [2.75, 3.05) is 12.4 Å². The summed E-state index contributed by atoms with van der Waals surface area (Å²) in [4.78, 5) is 17.2. The summed E-state index contributed by atoms with van der Waals surface area (Å²) in [7, 11) is 3.43. The molecule has 3 aromatic heterocycles. The lowest BCUT2D eigenvalue weighted by molar-refractivity contribution is -0.116. The summed E-state index contributed by atoms with van der Waals surface area (Å²) in [5.74, 6) is 0.396. The Bertz CT molecular complexity index is 1280. The van der Waals surface area contributed by atoms with Crippen molar-refractivity contribution in [3.8, 4) is 16.5 Å². The van der Waals surface area contributed by atoms with E-state index >= 15 is 0 Å². The van der Waals surface area contributed by atoms with E-state index in [1.807, 2.05) is 39.1 Å². The molecule has 10 heteroatoms. The van der Waals surface area contributed by atoms with E-state index in [0.29, 0.717) is 33.9 Å². The molecule has 1 amide bonds. The van der Waals surface area contributed by atoms with Crippen molar-refractivity contribution >= 4 is 45.0 Å². The number of nitrogens with one attached hydrogen (secondary N) is 1. The molecule has 0 radical (unpaired) electrons. The largest absolute Gasteiger partial charge is 0.479 e. The van der Waals surface area contributed by atoms with Gasteiger partial charge in [-0.15, -0.1) is 15.3 Å². The molecule has 0 fully saturated rings. The summed E-state index contributed by atoms with van der Waals surface area (Å²) in [6.07, 6.45) is 0.832. The second kappa shape index (κ2) is 8.60. The van der Waals surface area contributed by atoms with E-state index in [0.717, 1.165) is 33.4 Å². The van der Waals surface area contributed by atoms with Crippen molar-refractivity contribution in [3.63, 3.8) is 0 Å². The molecule has 0 atom stereocenters. The molecule has 0 aliphatic carbocycles. The van der Waals surface area contributed by atoms with Gasteiger partial charge in [-0.3, -0.25) is 4.79 Å². The Morgan fingerprint density at radius 1 is 1.26 bits per heavy atom. The first kappa shape index (κ1) is 21.2. The summed E-state index contributed by atoms with van der Waals surface area (Å²) in [5, 5.41) is 18.0. The highest BCUT2D eigenvalue weighted by Gasteiger charge is 2.19. The van der Waals surface area contributed by atoms with Gasteiger partial charge in [0.25, 0.3) is 0 Å². The number of hydrogen-bond donors (Lipinski definition) is 1. The average Bonchev–Trinajstić information content (AvgIpc) is 3.32. The van der Waals surface area contributed by atoms with Crippen LogP contribution in [0, 0.1) is 13.8 Å². The highest BCUT2D eigenvalue weighted by atomic mass is 35.5. The van der Waals surface area contributed by atoms with Crippen molar-refractivity contribution < 1.29 is 9.53 Å². The molecule has 160 valence electrons. The zero-order valence-corrected chi connectivity index (χ0v) is 19.1. The van der Waals surface area contributed by atoms with Gasteiger partial charge >= 0.3 is 0 Å². The van der Waals surface area contributed by atoms with E-state index in [1.54, 1.807) is 17.9 Å². The van der Waals surface area contributed by atoms with Gasteiger partial charge in [-0.05, 0) is 37.5 Å². The molecule has 3 heterocycles. The van der Waals surface area contributed by atoms with E-state index in [2.05, 4.69) is 25.6 Å². The van der Waals surface area contributed by atoms with E-state index in [9.17, 15) is 4.79 Å². The maximum Gasteiger partial charge on any atom is 0.242 e. The zero-order chi connectivity index (χ0) is 22.1. The number of carbonyl (C=O) groups excluding carboxylic acids is 1. The standard InChI is InChI=1S/C21H21ClN6O2S/c1-11-13(12(2)23-18-17(11)19(30-4)27-28(18)3)9-10-16(29)24-21-26-25-20(31-21)14-7-5-6-8-15(14)22/h5-8H,9-10H2,1-4H3,(H,24,26,29). The fourth-order valence-electron chi connectivity index (χ4n) is 3.54. The first-order chi connectivity index (χ1) is 14.9. The summed E-state index contributed by atoms with van der Waals surface area (Å²) < 4.78 is 7.11. The SMILES string of the molecule is COc1nn(C)c2nc(C)c(CCC(=O)Nc3nnc(-c4ccccc4Cl)s3)c(C)c12. The van der Waals surface area contributed by atoms with E-state index < -0.39 is 0 Å². The predicted molar refractivity (Wildman–Crippen MR) is 122 cm³/mol. The number of methoxy groups -OCH3 is 1. The number of anilines is 1. The van der Waals surface area contributed by atoms with Crippen molar-refractivity contribution in [1.29, 1.82) is 0 Å². The highest BCUT2D eigenvalue weighted by molar-refractivity contribution is 7.18. The van der Waals surface area contributed by atoms with Gasteiger partial charge in [-0.2, -0.15) is 0 Å². The van der Waals surface area contributed by atoms with Crippen LogP contribution in [-0.4, -0.2) is 38.0 Å². The molecule has 31 heavy (non-hydrogen) atoms. The smallest absolute Gasteiger partial charge is 0.242 e. The van der Waals surface area contributed by atoms with Gasteiger partial charge in [0.2, 0.25) is 16.9 Å². The van der Waals surface area contributed by atoms with Gasteiger partial charge in [-0.1, -0.05) is 41.1 Å². The Balaban J connectivity index is 1.48. The molecular formula is C21H21ClN6O2S. The Kier molecular flexibility index (Phi) is 5.88. The van der Waals surface area contributed by atoms with Crippen LogP contribution in [0.4, 0.5) is 5.13 Å². The van der Waals surface area contributed by atoms with Gasteiger partial charge in [0, 0.05) is 24.7 Å². The first-order valence-corrected chi connectivity index (χ1v) is 10.8. The topological polar surface area (TPSA) is 94.8 Å². The molecule has 4 rings (SSSR count). The Morgan fingerprint density at radius 2 is 2.03 bits per heavy atom. The van der Waals surface area contributed by atoms with Crippen LogP contribution in [0.3, 0.4) is 0 Å². The molecule has 0 saturated carbocycles. The number of ether oxygens (including phenoxy) is 1. The number of rotatable bonds is 6. The summed E-state index contributed by atoms with van der Waals surface area (Å²) in [6, 6.07) is 7.40. The lowest BCUT2D eigenvalue weighted by Crippen LogP contribution is -2.13. The first-order valence-electron chi connectivity index (χ1n) is 9.64. The Morgan fingerprint density at radius 3 is 2.77 bits per heavy atom. The lowest BCUT2D eigenvalue weighted by atomic mass is 10.00. The van der Waals surface area contributed by atoms with Crippen LogP contribution in [0.1, 0.15) is 23.2 Å². The molecule has 8 nitrogen and oxygen atoms in total. The Hall–Kier alpha value is -3.04. The summed E-state index contributed by atoms with van der Waals surface area (Å²) in [6.45, 7) is 3.95. The fourth-order valence-corrected chi connectivity index (χ4v) is 4.63. The second-order valence-electron chi connectivity index (χ2n) is 7.07. The monoisotopic (exact) mass is 456 g/mol. The number of benzene rings is 1. The quantitative estimate of drug-likeness (QED) is 0.463. The lowest BCUT2D eigenvalue weighted by Gasteiger charge is -2.11. The molecular weight excluding hydrogens is 436 g/mol. The summed E-state index contributed by atoms with van der Waals surface area (Å²) >= 11 is 7.50. The normalized spacial score (nSPS) is 11.1. The van der Waals surface area contributed by atoms with Crippen molar-refractivity contribution in [1.82, 2.24) is 25.0 Å². The summed E-state index contributed by atoms with van der Waals surface area (Å²) in [5.41, 5.74) is 4.47. The molecule has 0 bridgehead atoms. The van der Waals surface area contributed by atoms with Gasteiger partial charge < -0.3 is 10.1 Å². The van der Waals surface area contributed by atoms with E-state index in [4.69, 9.17) is 16.3 Å². The van der Waals surface area contributed by atoms with Crippen molar-refractivity contribution in [2.24, 2.45) is 7.05 Å². The number of carbonyl (C=O) groups is 1. The maximum absolute atomic E-state index is 12.6. The number of pyridine rings is 1. The third-order valence-electron chi connectivity index (χ3n) is 5.09.